The highest BCUT2D eigenvalue weighted by Gasteiger charge is 2.10. The molecule has 1 aromatic rings. The van der Waals surface area contributed by atoms with E-state index >= 15 is 0 Å². The molecule has 0 aliphatic heterocycles. The minimum Gasteiger partial charge on any atom is -0.268 e. The average Bonchev–Trinajstić information content (AvgIpc) is 2.40. The second kappa shape index (κ2) is 4.47. The maximum Gasteiger partial charge on any atom is 0.0847 e. The van der Waals surface area contributed by atoms with E-state index in [9.17, 15) is 0 Å². The van der Waals surface area contributed by atoms with Gasteiger partial charge in [0.25, 0.3) is 0 Å². The van der Waals surface area contributed by atoms with Gasteiger partial charge in [0.2, 0.25) is 0 Å². The van der Waals surface area contributed by atoms with E-state index in [1.165, 1.54) is 0 Å². The second-order valence-corrected chi connectivity index (χ2v) is 3.37. The number of aromatic nitrogens is 2. The number of rotatable bonds is 4. The summed E-state index contributed by atoms with van der Waals surface area (Å²) in [5.41, 5.74) is 2.05. The van der Waals surface area contributed by atoms with E-state index in [1.807, 2.05) is 17.7 Å². The maximum atomic E-state index is 6.11. The highest BCUT2D eigenvalue weighted by atomic mass is 35.5. The molecular formula is C10H15ClN2. The standard InChI is InChI=1S/C10H15ClN2/c1-4-6-7-9-10(11)8(3)12-13(9)5-2/h4H,1,5-7H2,2-3H3. The number of nitrogens with zero attached hydrogens (tertiary/aromatic N) is 2. The summed E-state index contributed by atoms with van der Waals surface area (Å²) in [5, 5.41) is 5.14. The lowest BCUT2D eigenvalue weighted by Gasteiger charge is -2.02. The molecule has 0 saturated heterocycles. The molecule has 0 spiro atoms. The van der Waals surface area contributed by atoms with Crippen molar-refractivity contribution in [2.45, 2.75) is 33.2 Å². The van der Waals surface area contributed by atoms with Gasteiger partial charge in [0.15, 0.2) is 0 Å². The van der Waals surface area contributed by atoms with Crippen molar-refractivity contribution >= 4 is 11.6 Å². The first kappa shape index (κ1) is 10.3. The maximum absolute atomic E-state index is 6.11. The van der Waals surface area contributed by atoms with Crippen LogP contribution in [0.3, 0.4) is 0 Å². The molecule has 0 amide bonds. The third-order valence-corrected chi connectivity index (χ3v) is 2.53. The van der Waals surface area contributed by atoms with Crippen LogP contribution >= 0.6 is 11.6 Å². The van der Waals surface area contributed by atoms with Crippen molar-refractivity contribution in [2.75, 3.05) is 0 Å². The van der Waals surface area contributed by atoms with Gasteiger partial charge in [-0.3, -0.25) is 4.68 Å². The van der Waals surface area contributed by atoms with Crippen molar-refractivity contribution in [3.63, 3.8) is 0 Å². The van der Waals surface area contributed by atoms with Crippen molar-refractivity contribution < 1.29 is 0 Å². The molecule has 0 aliphatic rings. The molecule has 0 unspecified atom stereocenters. The van der Waals surface area contributed by atoms with Crippen LogP contribution < -0.4 is 0 Å². The van der Waals surface area contributed by atoms with E-state index in [4.69, 9.17) is 11.6 Å². The molecule has 0 saturated carbocycles. The summed E-state index contributed by atoms with van der Waals surface area (Å²) in [6, 6.07) is 0. The van der Waals surface area contributed by atoms with Crippen molar-refractivity contribution in [3.8, 4) is 0 Å². The Morgan fingerprint density at radius 3 is 2.85 bits per heavy atom. The van der Waals surface area contributed by atoms with Crippen LogP contribution in [0.25, 0.3) is 0 Å². The van der Waals surface area contributed by atoms with Crippen LogP contribution in [0.15, 0.2) is 12.7 Å². The molecule has 0 N–H and O–H groups in total. The first-order valence-electron chi connectivity index (χ1n) is 4.53. The minimum atomic E-state index is 0.809. The molecule has 0 aromatic carbocycles. The first-order chi connectivity index (χ1) is 6.20. The lowest BCUT2D eigenvalue weighted by Crippen LogP contribution is -2.02. The Morgan fingerprint density at radius 1 is 1.62 bits per heavy atom. The largest absolute Gasteiger partial charge is 0.268 e. The molecule has 1 rings (SSSR count). The van der Waals surface area contributed by atoms with Crippen LogP contribution in [0.4, 0.5) is 0 Å². The van der Waals surface area contributed by atoms with Gasteiger partial charge in [-0.15, -0.1) is 6.58 Å². The summed E-state index contributed by atoms with van der Waals surface area (Å²) in [7, 11) is 0. The van der Waals surface area contributed by atoms with Crippen LogP contribution in [0.1, 0.15) is 24.7 Å². The van der Waals surface area contributed by atoms with E-state index in [0.717, 1.165) is 35.8 Å². The molecule has 0 atom stereocenters. The Kier molecular flexibility index (Phi) is 3.55. The Labute approximate surface area is 84.2 Å². The lowest BCUT2D eigenvalue weighted by atomic mass is 10.2. The highest BCUT2D eigenvalue weighted by Crippen LogP contribution is 2.21. The predicted molar refractivity (Wildman–Crippen MR) is 56.2 cm³/mol. The second-order valence-electron chi connectivity index (χ2n) is 2.99. The topological polar surface area (TPSA) is 17.8 Å². The summed E-state index contributed by atoms with van der Waals surface area (Å²) in [6.07, 6.45) is 3.78. The number of aryl methyl sites for hydroxylation is 2. The van der Waals surface area contributed by atoms with Crippen LogP contribution in [-0.4, -0.2) is 9.78 Å². The summed E-state index contributed by atoms with van der Waals surface area (Å²) < 4.78 is 1.96. The number of hydrogen-bond donors (Lipinski definition) is 0. The van der Waals surface area contributed by atoms with Crippen LogP contribution in [0, 0.1) is 6.92 Å². The SMILES string of the molecule is C=CCCc1c(Cl)c(C)nn1CC. The van der Waals surface area contributed by atoms with E-state index < -0.39 is 0 Å². The lowest BCUT2D eigenvalue weighted by molar-refractivity contribution is 0.616. The molecule has 13 heavy (non-hydrogen) atoms. The van der Waals surface area contributed by atoms with Gasteiger partial charge in [-0.1, -0.05) is 17.7 Å². The molecule has 1 heterocycles. The molecule has 2 nitrogen and oxygen atoms in total. The first-order valence-corrected chi connectivity index (χ1v) is 4.91. The number of hydrogen-bond acceptors (Lipinski definition) is 1. The van der Waals surface area contributed by atoms with Gasteiger partial charge in [0.05, 0.1) is 16.4 Å². The summed E-state index contributed by atoms with van der Waals surface area (Å²) in [5.74, 6) is 0. The van der Waals surface area contributed by atoms with Gasteiger partial charge in [0.1, 0.15) is 0 Å². The van der Waals surface area contributed by atoms with Crippen molar-refractivity contribution in [2.24, 2.45) is 0 Å². The Balaban J connectivity index is 2.94. The highest BCUT2D eigenvalue weighted by molar-refractivity contribution is 6.31. The van der Waals surface area contributed by atoms with Crippen molar-refractivity contribution in [1.82, 2.24) is 9.78 Å². The molecule has 1 aromatic heterocycles. The molecular weight excluding hydrogens is 184 g/mol. The van der Waals surface area contributed by atoms with Crippen LogP contribution in [-0.2, 0) is 13.0 Å². The van der Waals surface area contributed by atoms with E-state index in [-0.39, 0.29) is 0 Å². The third kappa shape index (κ3) is 2.13. The zero-order valence-corrected chi connectivity index (χ0v) is 8.93. The fourth-order valence-electron chi connectivity index (χ4n) is 1.35. The van der Waals surface area contributed by atoms with Gasteiger partial charge in [0, 0.05) is 6.54 Å². The fourth-order valence-corrected chi connectivity index (χ4v) is 1.58. The van der Waals surface area contributed by atoms with Crippen molar-refractivity contribution in [1.29, 1.82) is 0 Å². The Hall–Kier alpha value is -0.760. The van der Waals surface area contributed by atoms with E-state index in [0.29, 0.717) is 0 Å². The smallest absolute Gasteiger partial charge is 0.0847 e. The minimum absolute atomic E-state index is 0.809. The summed E-state index contributed by atoms with van der Waals surface area (Å²) in [6.45, 7) is 8.58. The zero-order chi connectivity index (χ0) is 9.84. The fraction of sp³-hybridized carbons (Fsp3) is 0.500. The monoisotopic (exact) mass is 198 g/mol. The Morgan fingerprint density at radius 2 is 2.31 bits per heavy atom. The van der Waals surface area contributed by atoms with Gasteiger partial charge in [-0.2, -0.15) is 5.10 Å². The van der Waals surface area contributed by atoms with Gasteiger partial charge < -0.3 is 0 Å². The number of allylic oxidation sites excluding steroid dienone is 1. The Bertz CT molecular complexity index is 302. The van der Waals surface area contributed by atoms with Crippen LogP contribution in [0.2, 0.25) is 5.02 Å². The van der Waals surface area contributed by atoms with Crippen LogP contribution in [0.5, 0.6) is 0 Å². The molecule has 72 valence electrons. The third-order valence-electron chi connectivity index (χ3n) is 2.04. The summed E-state index contributed by atoms with van der Waals surface area (Å²) >= 11 is 6.11. The van der Waals surface area contributed by atoms with E-state index in [1.54, 1.807) is 0 Å². The molecule has 0 fully saturated rings. The normalized spacial score (nSPS) is 10.4. The predicted octanol–water partition coefficient (Wildman–Crippen LogP) is 2.98. The average molecular weight is 199 g/mol. The van der Waals surface area contributed by atoms with Gasteiger partial charge in [-0.25, -0.2) is 0 Å². The zero-order valence-electron chi connectivity index (χ0n) is 8.18. The molecule has 3 heteroatoms. The van der Waals surface area contributed by atoms with Crippen molar-refractivity contribution in [3.05, 3.63) is 29.1 Å². The van der Waals surface area contributed by atoms with Gasteiger partial charge >= 0.3 is 0 Å². The summed E-state index contributed by atoms with van der Waals surface area (Å²) in [4.78, 5) is 0. The molecule has 0 bridgehead atoms. The number of halogens is 1. The molecule has 0 aliphatic carbocycles. The van der Waals surface area contributed by atoms with E-state index in [2.05, 4.69) is 18.6 Å². The quantitative estimate of drug-likeness (QED) is 0.681. The molecule has 0 radical (unpaired) electrons. The van der Waals surface area contributed by atoms with Gasteiger partial charge in [-0.05, 0) is 26.7 Å².